The molecule has 2 aromatic rings. The molecule has 1 aromatic carbocycles. The summed E-state index contributed by atoms with van der Waals surface area (Å²) in [6.45, 7) is 7.55. The van der Waals surface area contributed by atoms with Gasteiger partial charge in [0.15, 0.2) is 5.96 Å². The monoisotopic (exact) mass is 489 g/mol. The minimum Gasteiger partial charge on any atom is -0.496 e. The van der Waals surface area contributed by atoms with E-state index in [1.165, 1.54) is 0 Å². The molecule has 5 nitrogen and oxygen atoms in total. The Morgan fingerprint density at radius 3 is 2.65 bits per heavy atom. The summed E-state index contributed by atoms with van der Waals surface area (Å²) in [5, 5.41) is 21.0. The van der Waals surface area contributed by atoms with Gasteiger partial charge in [-0.1, -0.05) is 12.1 Å². The van der Waals surface area contributed by atoms with Crippen LogP contribution in [-0.4, -0.2) is 31.3 Å². The standard InChI is InChI=1S/C19H27N3O2S.HI/c1-5-20-18(22-13-19(3,23)16-8-9-25-12-16)21-11-15-6-7-17(24-4)14(2)10-15;/h6-10,12,23H,5,11,13H2,1-4H3,(H2,20,21,22);1H. The fraction of sp³-hybridized carbons (Fsp3) is 0.421. The molecule has 3 N–H and O–H groups in total. The first kappa shape index (κ1) is 22.7. The number of aryl methyl sites for hydroxylation is 1. The van der Waals surface area contributed by atoms with Gasteiger partial charge in [-0.15, -0.1) is 24.0 Å². The lowest BCUT2D eigenvalue weighted by atomic mass is 9.99. The first-order valence-electron chi connectivity index (χ1n) is 8.37. The van der Waals surface area contributed by atoms with Gasteiger partial charge in [-0.2, -0.15) is 11.3 Å². The van der Waals surface area contributed by atoms with Crippen LogP contribution in [0.3, 0.4) is 0 Å². The Labute approximate surface area is 176 Å². The zero-order valence-corrected chi connectivity index (χ0v) is 18.9. The molecule has 144 valence electrons. The Bertz CT molecular complexity index is 703. The number of nitrogens with one attached hydrogen (secondary N) is 2. The van der Waals surface area contributed by atoms with Gasteiger partial charge in [0.25, 0.3) is 0 Å². The third kappa shape index (κ3) is 6.44. The van der Waals surface area contributed by atoms with Crippen molar-refractivity contribution in [2.75, 3.05) is 20.2 Å². The smallest absolute Gasteiger partial charge is 0.191 e. The Morgan fingerprint density at radius 2 is 2.08 bits per heavy atom. The number of benzene rings is 1. The largest absolute Gasteiger partial charge is 0.496 e. The molecule has 0 bridgehead atoms. The molecule has 0 saturated carbocycles. The molecular formula is C19H28IN3O2S. The summed E-state index contributed by atoms with van der Waals surface area (Å²) in [7, 11) is 1.67. The first-order chi connectivity index (χ1) is 12.0. The number of ether oxygens (including phenoxy) is 1. The highest BCUT2D eigenvalue weighted by atomic mass is 127. The summed E-state index contributed by atoms with van der Waals surface area (Å²) in [6, 6.07) is 7.99. The van der Waals surface area contributed by atoms with Gasteiger partial charge in [-0.05, 0) is 60.4 Å². The van der Waals surface area contributed by atoms with E-state index >= 15 is 0 Å². The lowest BCUT2D eigenvalue weighted by Gasteiger charge is -2.24. The molecule has 0 saturated heterocycles. The van der Waals surface area contributed by atoms with E-state index in [2.05, 4.69) is 21.7 Å². The summed E-state index contributed by atoms with van der Waals surface area (Å²) in [6.07, 6.45) is 0. The predicted molar refractivity (Wildman–Crippen MR) is 120 cm³/mol. The van der Waals surface area contributed by atoms with Crippen molar-refractivity contribution in [1.29, 1.82) is 0 Å². The number of aliphatic imine (C=N–C) groups is 1. The highest BCUT2D eigenvalue weighted by molar-refractivity contribution is 14.0. The van der Waals surface area contributed by atoms with Crippen molar-refractivity contribution in [3.63, 3.8) is 0 Å². The lowest BCUT2D eigenvalue weighted by molar-refractivity contribution is 0.0621. The van der Waals surface area contributed by atoms with Gasteiger partial charge in [0.2, 0.25) is 0 Å². The summed E-state index contributed by atoms with van der Waals surface area (Å²) in [5.41, 5.74) is 2.17. The molecule has 0 amide bonds. The molecule has 0 aliphatic carbocycles. The van der Waals surface area contributed by atoms with Gasteiger partial charge < -0.3 is 20.5 Å². The zero-order chi connectivity index (χ0) is 18.3. The molecular weight excluding hydrogens is 461 g/mol. The normalized spacial score (nSPS) is 13.5. The zero-order valence-electron chi connectivity index (χ0n) is 15.7. The highest BCUT2D eigenvalue weighted by Gasteiger charge is 2.23. The fourth-order valence-corrected chi connectivity index (χ4v) is 3.26. The summed E-state index contributed by atoms with van der Waals surface area (Å²) < 4.78 is 5.29. The Morgan fingerprint density at radius 1 is 1.31 bits per heavy atom. The summed E-state index contributed by atoms with van der Waals surface area (Å²) in [4.78, 5) is 4.61. The molecule has 0 spiro atoms. The third-order valence-corrected chi connectivity index (χ3v) is 4.65. The molecule has 0 aliphatic heterocycles. The average molecular weight is 489 g/mol. The summed E-state index contributed by atoms with van der Waals surface area (Å²) >= 11 is 1.58. The number of thiophene rings is 1. The predicted octanol–water partition coefficient (Wildman–Crippen LogP) is 3.65. The van der Waals surface area contributed by atoms with Crippen molar-refractivity contribution < 1.29 is 9.84 Å². The van der Waals surface area contributed by atoms with Crippen molar-refractivity contribution in [2.45, 2.75) is 32.9 Å². The van der Waals surface area contributed by atoms with Gasteiger partial charge in [0.05, 0.1) is 20.2 Å². The van der Waals surface area contributed by atoms with Crippen LogP contribution in [0.25, 0.3) is 0 Å². The molecule has 0 aliphatic rings. The number of halogens is 1. The minimum absolute atomic E-state index is 0. The van der Waals surface area contributed by atoms with Crippen molar-refractivity contribution in [3.8, 4) is 5.75 Å². The molecule has 0 radical (unpaired) electrons. The molecule has 7 heteroatoms. The van der Waals surface area contributed by atoms with Crippen LogP contribution in [0.5, 0.6) is 5.75 Å². The van der Waals surface area contributed by atoms with E-state index < -0.39 is 5.60 Å². The van der Waals surface area contributed by atoms with Crippen LogP contribution in [0.15, 0.2) is 40.0 Å². The molecule has 1 heterocycles. The number of hydrogen-bond acceptors (Lipinski definition) is 4. The quantitative estimate of drug-likeness (QED) is 0.316. The second-order valence-corrected chi connectivity index (χ2v) is 6.92. The molecule has 2 rings (SSSR count). The number of guanidine groups is 1. The van der Waals surface area contributed by atoms with E-state index in [0.717, 1.165) is 29.0 Å². The fourth-order valence-electron chi connectivity index (χ4n) is 2.48. The van der Waals surface area contributed by atoms with E-state index in [1.807, 2.05) is 42.8 Å². The minimum atomic E-state index is -0.938. The second kappa shape index (κ2) is 10.7. The van der Waals surface area contributed by atoms with Gasteiger partial charge >= 0.3 is 0 Å². The van der Waals surface area contributed by atoms with Gasteiger partial charge in [-0.25, -0.2) is 4.99 Å². The maximum atomic E-state index is 10.6. The first-order valence-corrected chi connectivity index (χ1v) is 9.31. The molecule has 1 atom stereocenters. The third-order valence-electron chi connectivity index (χ3n) is 3.97. The van der Waals surface area contributed by atoms with E-state index in [0.29, 0.717) is 19.0 Å². The van der Waals surface area contributed by atoms with Gasteiger partial charge in [0.1, 0.15) is 11.4 Å². The Balaban J connectivity index is 0.00000338. The number of hydrogen-bond donors (Lipinski definition) is 3. The number of aliphatic hydroxyl groups is 1. The van der Waals surface area contributed by atoms with Gasteiger partial charge in [-0.3, -0.25) is 0 Å². The second-order valence-electron chi connectivity index (χ2n) is 6.14. The highest BCUT2D eigenvalue weighted by Crippen LogP contribution is 2.22. The Kier molecular flexibility index (Phi) is 9.38. The summed E-state index contributed by atoms with van der Waals surface area (Å²) in [5.74, 6) is 1.57. The van der Waals surface area contributed by atoms with Gasteiger partial charge in [0, 0.05) is 6.54 Å². The van der Waals surface area contributed by atoms with Crippen LogP contribution >= 0.6 is 35.3 Å². The Hall–Kier alpha value is -1.32. The van der Waals surface area contributed by atoms with E-state index in [-0.39, 0.29) is 24.0 Å². The van der Waals surface area contributed by atoms with Crippen LogP contribution in [0.2, 0.25) is 0 Å². The van der Waals surface area contributed by atoms with Crippen molar-refractivity contribution in [3.05, 3.63) is 51.7 Å². The van der Waals surface area contributed by atoms with Crippen molar-refractivity contribution in [2.24, 2.45) is 4.99 Å². The number of methoxy groups -OCH3 is 1. The SMILES string of the molecule is CCNC(=NCc1ccc(OC)c(C)c1)NCC(C)(O)c1ccsc1.I. The van der Waals surface area contributed by atoms with E-state index in [9.17, 15) is 5.11 Å². The molecule has 1 unspecified atom stereocenters. The molecule has 1 aromatic heterocycles. The molecule has 0 fully saturated rings. The number of rotatable bonds is 7. The van der Waals surface area contributed by atoms with Crippen LogP contribution in [0.4, 0.5) is 0 Å². The van der Waals surface area contributed by atoms with E-state index in [4.69, 9.17) is 4.74 Å². The van der Waals surface area contributed by atoms with Crippen LogP contribution in [0, 0.1) is 6.92 Å². The van der Waals surface area contributed by atoms with Crippen molar-refractivity contribution >= 4 is 41.3 Å². The van der Waals surface area contributed by atoms with Crippen molar-refractivity contribution in [1.82, 2.24) is 10.6 Å². The average Bonchev–Trinajstić information content (AvgIpc) is 3.13. The molecule has 26 heavy (non-hydrogen) atoms. The number of nitrogens with zero attached hydrogens (tertiary/aromatic N) is 1. The maximum Gasteiger partial charge on any atom is 0.191 e. The van der Waals surface area contributed by atoms with Crippen LogP contribution in [0.1, 0.15) is 30.5 Å². The lowest BCUT2D eigenvalue weighted by Crippen LogP contribution is -2.44. The maximum absolute atomic E-state index is 10.6. The van der Waals surface area contributed by atoms with E-state index in [1.54, 1.807) is 25.4 Å². The topological polar surface area (TPSA) is 65.9 Å². The van der Waals surface area contributed by atoms with Crippen LogP contribution < -0.4 is 15.4 Å². The van der Waals surface area contributed by atoms with Crippen LogP contribution in [-0.2, 0) is 12.1 Å².